The van der Waals surface area contributed by atoms with E-state index in [1.807, 2.05) is 26.1 Å². The maximum absolute atomic E-state index is 14.1. The van der Waals surface area contributed by atoms with Gasteiger partial charge >= 0.3 is 0 Å². The molecule has 1 aromatic carbocycles. The standard InChI is InChI=1S/C17H23FN2S/c1-11-6-7-12(13(18)8-11)14(19-5)9-16-20-15(10-21-16)17(2,3)4/h6-8,10,14,19H,9H2,1-5H3. The van der Waals surface area contributed by atoms with Gasteiger partial charge in [0.25, 0.3) is 0 Å². The van der Waals surface area contributed by atoms with E-state index in [1.54, 1.807) is 17.4 Å². The van der Waals surface area contributed by atoms with Crippen LogP contribution in [0.2, 0.25) is 0 Å². The first-order chi connectivity index (χ1) is 9.81. The Kier molecular flexibility index (Phi) is 4.79. The largest absolute Gasteiger partial charge is 0.313 e. The van der Waals surface area contributed by atoms with Crippen LogP contribution in [-0.4, -0.2) is 12.0 Å². The molecule has 2 aromatic rings. The minimum Gasteiger partial charge on any atom is -0.313 e. The van der Waals surface area contributed by atoms with Gasteiger partial charge in [0.1, 0.15) is 5.82 Å². The fourth-order valence-corrected chi connectivity index (χ4v) is 3.27. The molecule has 2 rings (SSSR count). The molecule has 0 saturated carbocycles. The SMILES string of the molecule is CNC(Cc1nc(C(C)(C)C)cs1)c1ccc(C)cc1F. The number of aryl methyl sites for hydroxylation is 1. The van der Waals surface area contributed by atoms with Crippen molar-refractivity contribution in [2.45, 2.75) is 45.6 Å². The van der Waals surface area contributed by atoms with Crippen LogP contribution >= 0.6 is 11.3 Å². The summed E-state index contributed by atoms with van der Waals surface area (Å²) in [6.45, 7) is 8.36. The molecule has 114 valence electrons. The Bertz CT molecular complexity index is 613. The van der Waals surface area contributed by atoms with Crippen LogP contribution in [0.1, 0.15) is 48.6 Å². The number of thiazole rings is 1. The normalized spacial score (nSPS) is 13.4. The molecule has 0 radical (unpaired) electrons. The highest BCUT2D eigenvalue weighted by Crippen LogP contribution is 2.27. The van der Waals surface area contributed by atoms with E-state index in [0.29, 0.717) is 12.0 Å². The van der Waals surface area contributed by atoms with Gasteiger partial charge in [0.15, 0.2) is 0 Å². The van der Waals surface area contributed by atoms with Gasteiger partial charge in [0.2, 0.25) is 0 Å². The fourth-order valence-electron chi connectivity index (χ4n) is 2.21. The number of likely N-dealkylation sites (N-methyl/N-ethyl adjacent to an activating group) is 1. The van der Waals surface area contributed by atoms with Crippen LogP contribution in [0.15, 0.2) is 23.6 Å². The monoisotopic (exact) mass is 306 g/mol. The van der Waals surface area contributed by atoms with E-state index in [4.69, 9.17) is 4.98 Å². The van der Waals surface area contributed by atoms with Crippen molar-refractivity contribution >= 4 is 11.3 Å². The lowest BCUT2D eigenvalue weighted by Crippen LogP contribution is -2.20. The van der Waals surface area contributed by atoms with Gasteiger partial charge in [0, 0.05) is 28.8 Å². The maximum Gasteiger partial charge on any atom is 0.128 e. The molecule has 1 atom stereocenters. The minimum absolute atomic E-state index is 0.0513. The molecule has 2 nitrogen and oxygen atoms in total. The van der Waals surface area contributed by atoms with E-state index in [1.165, 1.54) is 0 Å². The number of hydrogen-bond acceptors (Lipinski definition) is 3. The molecule has 1 N–H and O–H groups in total. The zero-order chi connectivity index (χ0) is 15.6. The first-order valence-corrected chi connectivity index (χ1v) is 8.07. The van der Waals surface area contributed by atoms with E-state index in [9.17, 15) is 4.39 Å². The molecule has 21 heavy (non-hydrogen) atoms. The van der Waals surface area contributed by atoms with E-state index in [-0.39, 0.29) is 17.3 Å². The quantitative estimate of drug-likeness (QED) is 0.906. The Hall–Kier alpha value is -1.26. The average Bonchev–Trinajstić information content (AvgIpc) is 2.85. The Morgan fingerprint density at radius 1 is 1.33 bits per heavy atom. The molecule has 4 heteroatoms. The predicted octanol–water partition coefficient (Wildman–Crippen LogP) is 4.39. The Balaban J connectivity index is 2.21. The summed E-state index contributed by atoms with van der Waals surface area (Å²) in [7, 11) is 1.86. The average molecular weight is 306 g/mol. The fraction of sp³-hybridized carbons (Fsp3) is 0.471. The second-order valence-electron chi connectivity index (χ2n) is 6.45. The van der Waals surface area contributed by atoms with E-state index in [0.717, 1.165) is 16.3 Å². The van der Waals surface area contributed by atoms with Crippen molar-refractivity contribution in [3.63, 3.8) is 0 Å². The van der Waals surface area contributed by atoms with Gasteiger partial charge in [-0.1, -0.05) is 32.9 Å². The van der Waals surface area contributed by atoms with Crippen LogP contribution in [0.4, 0.5) is 4.39 Å². The van der Waals surface area contributed by atoms with Gasteiger partial charge in [-0.25, -0.2) is 9.37 Å². The summed E-state index contributed by atoms with van der Waals surface area (Å²) in [5.74, 6) is -0.151. The molecular weight excluding hydrogens is 283 g/mol. The van der Waals surface area contributed by atoms with Crippen LogP contribution in [0, 0.1) is 12.7 Å². The zero-order valence-electron chi connectivity index (χ0n) is 13.3. The highest BCUT2D eigenvalue weighted by atomic mass is 32.1. The lowest BCUT2D eigenvalue weighted by atomic mass is 9.93. The number of benzene rings is 1. The van der Waals surface area contributed by atoms with Gasteiger partial charge in [-0.05, 0) is 25.6 Å². The number of hydrogen-bond donors (Lipinski definition) is 1. The summed E-state index contributed by atoms with van der Waals surface area (Å²) >= 11 is 1.65. The van der Waals surface area contributed by atoms with Crippen LogP contribution in [0.3, 0.4) is 0 Å². The molecule has 0 aliphatic carbocycles. The highest BCUT2D eigenvalue weighted by Gasteiger charge is 2.20. The molecule has 0 aliphatic rings. The van der Waals surface area contributed by atoms with Crippen molar-refractivity contribution < 1.29 is 4.39 Å². The van der Waals surface area contributed by atoms with Crippen molar-refractivity contribution in [3.05, 3.63) is 51.2 Å². The van der Waals surface area contributed by atoms with Gasteiger partial charge in [-0.2, -0.15) is 0 Å². The molecule has 0 bridgehead atoms. The molecule has 0 aliphatic heterocycles. The number of nitrogens with zero attached hydrogens (tertiary/aromatic N) is 1. The van der Waals surface area contributed by atoms with Gasteiger partial charge < -0.3 is 5.32 Å². The van der Waals surface area contributed by atoms with Crippen LogP contribution in [0.5, 0.6) is 0 Å². The third-order valence-electron chi connectivity index (χ3n) is 3.58. The topological polar surface area (TPSA) is 24.9 Å². The number of aromatic nitrogens is 1. The summed E-state index contributed by atoms with van der Waals surface area (Å²) in [5.41, 5.74) is 2.80. The number of nitrogens with one attached hydrogen (secondary N) is 1. The van der Waals surface area contributed by atoms with E-state index < -0.39 is 0 Å². The van der Waals surface area contributed by atoms with Crippen LogP contribution in [-0.2, 0) is 11.8 Å². The lowest BCUT2D eigenvalue weighted by molar-refractivity contribution is 0.528. The van der Waals surface area contributed by atoms with Crippen molar-refractivity contribution in [2.24, 2.45) is 0 Å². The molecule has 0 spiro atoms. The van der Waals surface area contributed by atoms with Crippen molar-refractivity contribution in [3.8, 4) is 0 Å². The molecule has 0 amide bonds. The minimum atomic E-state index is -0.151. The van der Waals surface area contributed by atoms with Crippen molar-refractivity contribution in [1.82, 2.24) is 10.3 Å². The summed E-state index contributed by atoms with van der Waals surface area (Å²) in [5, 5.41) is 6.35. The molecule has 0 fully saturated rings. The summed E-state index contributed by atoms with van der Waals surface area (Å²) in [6.07, 6.45) is 0.706. The Morgan fingerprint density at radius 2 is 2.05 bits per heavy atom. The highest BCUT2D eigenvalue weighted by molar-refractivity contribution is 7.09. The smallest absolute Gasteiger partial charge is 0.128 e. The van der Waals surface area contributed by atoms with Crippen LogP contribution in [0.25, 0.3) is 0 Å². The van der Waals surface area contributed by atoms with Gasteiger partial charge in [-0.15, -0.1) is 11.3 Å². The molecular formula is C17H23FN2S. The van der Waals surface area contributed by atoms with Crippen molar-refractivity contribution in [2.75, 3.05) is 7.05 Å². The maximum atomic E-state index is 14.1. The molecule has 0 saturated heterocycles. The van der Waals surface area contributed by atoms with Gasteiger partial charge in [-0.3, -0.25) is 0 Å². The first-order valence-electron chi connectivity index (χ1n) is 7.19. The Labute approximate surface area is 130 Å². The summed E-state index contributed by atoms with van der Waals surface area (Å²) < 4.78 is 14.1. The van der Waals surface area contributed by atoms with Crippen molar-refractivity contribution in [1.29, 1.82) is 0 Å². The second kappa shape index (κ2) is 6.24. The van der Waals surface area contributed by atoms with Crippen LogP contribution < -0.4 is 5.32 Å². The molecule has 1 aromatic heterocycles. The van der Waals surface area contributed by atoms with Gasteiger partial charge in [0.05, 0.1) is 10.7 Å². The Morgan fingerprint density at radius 3 is 2.57 bits per heavy atom. The molecule has 1 unspecified atom stereocenters. The third-order valence-corrected chi connectivity index (χ3v) is 4.45. The number of rotatable bonds is 4. The summed E-state index contributed by atoms with van der Waals surface area (Å²) in [6, 6.07) is 5.35. The van der Waals surface area contributed by atoms with E-state index in [2.05, 4.69) is 31.5 Å². The lowest BCUT2D eigenvalue weighted by Gasteiger charge is -2.17. The predicted molar refractivity (Wildman–Crippen MR) is 87.5 cm³/mol. The first kappa shape index (κ1) is 16.1. The number of halogens is 1. The summed E-state index contributed by atoms with van der Waals surface area (Å²) in [4.78, 5) is 4.70. The molecule has 1 heterocycles. The second-order valence-corrected chi connectivity index (χ2v) is 7.39. The zero-order valence-corrected chi connectivity index (χ0v) is 14.1. The van der Waals surface area contributed by atoms with E-state index >= 15 is 0 Å². The third kappa shape index (κ3) is 3.89.